The maximum absolute atomic E-state index is 11.3. The Bertz CT molecular complexity index is 353. The lowest BCUT2D eigenvalue weighted by molar-refractivity contribution is 0.104. The molecular weight excluding hydrogens is 176 g/mol. The van der Waals surface area contributed by atoms with Crippen molar-refractivity contribution in [3.63, 3.8) is 0 Å². The van der Waals surface area contributed by atoms with Gasteiger partial charge in [-0.05, 0) is 24.1 Å². The van der Waals surface area contributed by atoms with E-state index in [4.69, 9.17) is 0 Å². The van der Waals surface area contributed by atoms with Gasteiger partial charge >= 0.3 is 0 Å². The molecule has 0 atom stereocenters. The number of carbonyl (C=O) groups excluding carboxylic acids is 1. The van der Waals surface area contributed by atoms with Gasteiger partial charge in [-0.25, -0.2) is 0 Å². The first kappa shape index (κ1) is 10.5. The number of phenols is 1. The quantitative estimate of drug-likeness (QED) is 0.585. The first-order valence-corrected chi connectivity index (χ1v) is 4.68. The molecule has 0 radical (unpaired) electrons. The molecule has 1 aromatic carbocycles. The van der Waals surface area contributed by atoms with Crippen LogP contribution in [0.1, 0.15) is 29.3 Å². The Balaban J connectivity index is 3.13. The van der Waals surface area contributed by atoms with Crippen molar-refractivity contribution in [3.8, 4) is 5.75 Å². The molecular formula is C12H14O2. The largest absolute Gasteiger partial charge is 0.507 e. The molecule has 0 aliphatic carbocycles. The van der Waals surface area contributed by atoms with Crippen molar-refractivity contribution < 1.29 is 9.90 Å². The summed E-state index contributed by atoms with van der Waals surface area (Å²) in [5.74, 6) is -0.139. The van der Waals surface area contributed by atoms with Gasteiger partial charge in [0.2, 0.25) is 0 Å². The molecule has 0 saturated carbocycles. The number of ketones is 1. The van der Waals surface area contributed by atoms with E-state index in [2.05, 4.69) is 6.58 Å². The van der Waals surface area contributed by atoms with E-state index < -0.39 is 0 Å². The summed E-state index contributed by atoms with van der Waals surface area (Å²) < 4.78 is 0. The maximum Gasteiger partial charge on any atom is 0.188 e. The summed E-state index contributed by atoms with van der Waals surface area (Å²) in [4.78, 5) is 11.3. The number of hydrogen-bond donors (Lipinski definition) is 1. The topological polar surface area (TPSA) is 37.3 Å². The summed E-state index contributed by atoms with van der Waals surface area (Å²) in [6, 6.07) is 5.22. The van der Waals surface area contributed by atoms with Crippen LogP contribution in [0.4, 0.5) is 0 Å². The van der Waals surface area contributed by atoms with E-state index in [-0.39, 0.29) is 11.5 Å². The third-order valence-corrected chi connectivity index (χ3v) is 2.09. The van der Waals surface area contributed by atoms with Crippen molar-refractivity contribution in [2.45, 2.75) is 19.8 Å². The van der Waals surface area contributed by atoms with Crippen molar-refractivity contribution >= 4 is 5.78 Å². The Labute approximate surface area is 83.9 Å². The summed E-state index contributed by atoms with van der Waals surface area (Å²) in [5.41, 5.74) is 1.16. The molecule has 0 aliphatic rings. The average Bonchev–Trinajstić information content (AvgIpc) is 2.20. The molecule has 0 fully saturated rings. The predicted octanol–water partition coefficient (Wildman–Crippen LogP) is 2.71. The minimum absolute atomic E-state index is 0.0965. The van der Waals surface area contributed by atoms with Crippen LogP contribution < -0.4 is 0 Å². The van der Waals surface area contributed by atoms with Gasteiger partial charge in [0.1, 0.15) is 5.75 Å². The predicted molar refractivity (Wildman–Crippen MR) is 56.6 cm³/mol. The van der Waals surface area contributed by atoms with Crippen molar-refractivity contribution in [1.82, 2.24) is 0 Å². The van der Waals surface area contributed by atoms with E-state index in [0.717, 1.165) is 18.4 Å². The number of hydrogen-bond acceptors (Lipinski definition) is 2. The third-order valence-electron chi connectivity index (χ3n) is 2.09. The zero-order valence-electron chi connectivity index (χ0n) is 8.29. The van der Waals surface area contributed by atoms with Crippen molar-refractivity contribution in [2.24, 2.45) is 0 Å². The lowest BCUT2D eigenvalue weighted by Gasteiger charge is -2.06. The number of benzene rings is 1. The minimum Gasteiger partial charge on any atom is -0.507 e. The molecule has 74 valence electrons. The van der Waals surface area contributed by atoms with Crippen LogP contribution in [0.25, 0.3) is 0 Å². The van der Waals surface area contributed by atoms with E-state index in [1.165, 1.54) is 6.08 Å². The van der Waals surface area contributed by atoms with E-state index in [9.17, 15) is 9.90 Å². The second kappa shape index (κ2) is 4.61. The molecule has 0 aromatic heterocycles. The number of rotatable bonds is 4. The average molecular weight is 190 g/mol. The summed E-state index contributed by atoms with van der Waals surface area (Å²) >= 11 is 0. The van der Waals surface area contributed by atoms with Gasteiger partial charge in [0.15, 0.2) is 5.78 Å². The fourth-order valence-electron chi connectivity index (χ4n) is 1.37. The van der Waals surface area contributed by atoms with E-state index >= 15 is 0 Å². The third kappa shape index (κ3) is 2.02. The van der Waals surface area contributed by atoms with Gasteiger partial charge in [-0.3, -0.25) is 4.79 Å². The highest BCUT2D eigenvalue weighted by Gasteiger charge is 2.10. The standard InChI is InChI=1S/C12H14O2/c1-3-6-9-7-5-8-10(12(9)14)11(13)4-2/h4-5,7-8,14H,2-3,6H2,1H3. The van der Waals surface area contributed by atoms with Gasteiger partial charge in [0, 0.05) is 0 Å². The number of aryl methyl sites for hydroxylation is 1. The number of carbonyl (C=O) groups is 1. The Hall–Kier alpha value is -1.57. The lowest BCUT2D eigenvalue weighted by atomic mass is 10.0. The number of allylic oxidation sites excluding steroid dienone is 1. The van der Waals surface area contributed by atoms with Crippen LogP contribution >= 0.6 is 0 Å². The first-order chi connectivity index (χ1) is 6.70. The zero-order chi connectivity index (χ0) is 10.6. The molecule has 1 N–H and O–H groups in total. The summed E-state index contributed by atoms with van der Waals surface area (Å²) in [5, 5.41) is 9.75. The van der Waals surface area contributed by atoms with Gasteiger partial charge in [-0.2, -0.15) is 0 Å². The highest BCUT2D eigenvalue weighted by molar-refractivity contribution is 6.06. The summed E-state index contributed by atoms with van der Waals surface area (Å²) in [6.45, 7) is 5.42. The van der Waals surface area contributed by atoms with Crippen LogP contribution in [0, 0.1) is 0 Å². The molecule has 0 bridgehead atoms. The summed E-state index contributed by atoms with van der Waals surface area (Å²) in [6.07, 6.45) is 2.94. The summed E-state index contributed by atoms with van der Waals surface area (Å²) in [7, 11) is 0. The SMILES string of the molecule is C=CC(=O)c1cccc(CCC)c1O. The lowest BCUT2D eigenvalue weighted by Crippen LogP contribution is -1.96. The van der Waals surface area contributed by atoms with Crippen LogP contribution in [0.2, 0.25) is 0 Å². The number of para-hydroxylation sites is 1. The number of aromatic hydroxyl groups is 1. The molecule has 0 aliphatic heterocycles. The van der Waals surface area contributed by atoms with Gasteiger partial charge in [0.05, 0.1) is 5.56 Å². The molecule has 1 rings (SSSR count). The van der Waals surface area contributed by atoms with Crippen LogP contribution in [0.3, 0.4) is 0 Å². The smallest absolute Gasteiger partial charge is 0.188 e. The van der Waals surface area contributed by atoms with Crippen LogP contribution in [0.5, 0.6) is 5.75 Å². The zero-order valence-corrected chi connectivity index (χ0v) is 8.29. The Morgan fingerprint density at radius 3 is 2.86 bits per heavy atom. The van der Waals surface area contributed by atoms with Crippen molar-refractivity contribution in [3.05, 3.63) is 42.0 Å². The monoisotopic (exact) mass is 190 g/mol. The van der Waals surface area contributed by atoms with E-state index in [1.807, 2.05) is 13.0 Å². The molecule has 0 unspecified atom stereocenters. The van der Waals surface area contributed by atoms with Gasteiger partial charge in [-0.1, -0.05) is 32.1 Å². The van der Waals surface area contributed by atoms with Gasteiger partial charge in [-0.15, -0.1) is 0 Å². The second-order valence-electron chi connectivity index (χ2n) is 3.13. The fraction of sp³-hybridized carbons (Fsp3) is 0.250. The minimum atomic E-state index is -0.236. The first-order valence-electron chi connectivity index (χ1n) is 4.68. The molecule has 0 spiro atoms. The normalized spacial score (nSPS) is 9.79. The molecule has 1 aromatic rings. The molecule has 2 nitrogen and oxygen atoms in total. The molecule has 14 heavy (non-hydrogen) atoms. The highest BCUT2D eigenvalue weighted by Crippen LogP contribution is 2.24. The van der Waals surface area contributed by atoms with Gasteiger partial charge < -0.3 is 5.11 Å². The molecule has 2 heteroatoms. The highest BCUT2D eigenvalue weighted by atomic mass is 16.3. The maximum atomic E-state index is 11.3. The second-order valence-corrected chi connectivity index (χ2v) is 3.13. The van der Waals surface area contributed by atoms with E-state index in [0.29, 0.717) is 5.56 Å². The molecule has 0 amide bonds. The van der Waals surface area contributed by atoms with Crippen molar-refractivity contribution in [2.75, 3.05) is 0 Å². The molecule has 0 heterocycles. The fourth-order valence-corrected chi connectivity index (χ4v) is 1.37. The number of phenolic OH excluding ortho intramolecular Hbond substituents is 1. The van der Waals surface area contributed by atoms with Gasteiger partial charge in [0.25, 0.3) is 0 Å². The van der Waals surface area contributed by atoms with Crippen LogP contribution in [0.15, 0.2) is 30.9 Å². The van der Waals surface area contributed by atoms with Crippen molar-refractivity contribution in [1.29, 1.82) is 0 Å². The molecule has 0 saturated heterocycles. The van der Waals surface area contributed by atoms with E-state index in [1.54, 1.807) is 12.1 Å². The Kier molecular flexibility index (Phi) is 3.46. The Morgan fingerprint density at radius 1 is 1.57 bits per heavy atom. The Morgan fingerprint density at radius 2 is 2.29 bits per heavy atom. The van der Waals surface area contributed by atoms with Crippen LogP contribution in [-0.2, 0) is 6.42 Å². The van der Waals surface area contributed by atoms with Crippen LogP contribution in [-0.4, -0.2) is 10.9 Å².